The zero-order chi connectivity index (χ0) is 23.6. The van der Waals surface area contributed by atoms with Gasteiger partial charge in [0.15, 0.2) is 0 Å². The van der Waals surface area contributed by atoms with E-state index in [-0.39, 0.29) is 22.2 Å². The fourth-order valence-corrected chi connectivity index (χ4v) is 8.09. The molecule has 0 spiro atoms. The lowest BCUT2D eigenvalue weighted by Gasteiger charge is -2.18. The van der Waals surface area contributed by atoms with Crippen molar-refractivity contribution in [1.82, 2.24) is 13.2 Å². The smallest absolute Gasteiger partial charge is 0.245 e. The monoisotopic (exact) mass is 494 g/mol. The highest BCUT2D eigenvalue weighted by Crippen LogP contribution is 2.31. The van der Waals surface area contributed by atoms with E-state index in [2.05, 4.69) is 5.32 Å². The number of amides is 1. The Hall–Kier alpha value is -2.21. The van der Waals surface area contributed by atoms with Gasteiger partial charge in [-0.05, 0) is 49.8 Å². The second-order valence-electron chi connectivity index (χ2n) is 8.48. The molecule has 0 unspecified atom stereocenters. The minimum absolute atomic E-state index is 0.201. The predicted octanol–water partition coefficient (Wildman–Crippen LogP) is 2.26. The number of hydrogen-bond acceptors (Lipinski definition) is 5. The molecule has 0 aliphatic carbocycles. The van der Waals surface area contributed by atoms with E-state index in [0.717, 1.165) is 37.7 Å². The molecule has 9 nitrogen and oxygen atoms in total. The van der Waals surface area contributed by atoms with Crippen molar-refractivity contribution < 1.29 is 21.6 Å². The number of sulfonamides is 2. The van der Waals surface area contributed by atoms with Crippen LogP contribution in [0.3, 0.4) is 0 Å². The first-order valence-electron chi connectivity index (χ1n) is 11.3. The van der Waals surface area contributed by atoms with Crippen LogP contribution in [0, 0.1) is 0 Å². The van der Waals surface area contributed by atoms with Crippen LogP contribution in [0.25, 0.3) is 0 Å². The van der Waals surface area contributed by atoms with Crippen LogP contribution >= 0.6 is 0 Å². The summed E-state index contributed by atoms with van der Waals surface area (Å²) in [6.07, 6.45) is 6.41. The second kappa shape index (κ2) is 9.57. The fraction of sp³-hybridized carbons (Fsp3) is 0.500. The number of nitrogens with one attached hydrogen (secondary N) is 1. The Bertz CT molecular complexity index is 1140. The van der Waals surface area contributed by atoms with Gasteiger partial charge in [0, 0.05) is 44.3 Å². The van der Waals surface area contributed by atoms with Gasteiger partial charge in [-0.1, -0.05) is 19.1 Å². The summed E-state index contributed by atoms with van der Waals surface area (Å²) in [5, 5.41) is 2.78. The third-order valence-electron chi connectivity index (χ3n) is 6.15. The lowest BCUT2D eigenvalue weighted by Crippen LogP contribution is -2.32. The first-order valence-corrected chi connectivity index (χ1v) is 14.2. The Kier molecular flexibility index (Phi) is 6.94. The largest absolute Gasteiger partial charge is 0.342 e. The maximum absolute atomic E-state index is 13.3. The number of aromatic nitrogens is 1. The molecule has 1 aromatic heterocycles. The summed E-state index contributed by atoms with van der Waals surface area (Å²) >= 11 is 0. The number of hydrogen-bond donors (Lipinski definition) is 1. The van der Waals surface area contributed by atoms with E-state index >= 15 is 0 Å². The Labute approximate surface area is 195 Å². The van der Waals surface area contributed by atoms with E-state index < -0.39 is 20.0 Å². The molecular formula is C22H30N4O5S2. The summed E-state index contributed by atoms with van der Waals surface area (Å²) in [5.74, 6) is -0.371. The molecular weight excluding hydrogens is 464 g/mol. The van der Waals surface area contributed by atoms with Crippen molar-refractivity contribution in [3.8, 4) is 0 Å². The fourth-order valence-electron chi connectivity index (χ4n) is 4.27. The summed E-state index contributed by atoms with van der Waals surface area (Å²) in [6, 6.07) is 7.46. The van der Waals surface area contributed by atoms with Gasteiger partial charge in [-0.2, -0.15) is 8.61 Å². The normalized spacial score (nSPS) is 18.1. The third-order valence-corrected chi connectivity index (χ3v) is 10.1. The molecule has 33 heavy (non-hydrogen) atoms. The highest BCUT2D eigenvalue weighted by atomic mass is 32.2. The van der Waals surface area contributed by atoms with Crippen LogP contribution in [0.4, 0.5) is 5.69 Å². The molecule has 0 bridgehead atoms. The van der Waals surface area contributed by atoms with Crippen LogP contribution in [0.2, 0.25) is 0 Å². The van der Waals surface area contributed by atoms with E-state index in [4.69, 9.17) is 0 Å². The minimum atomic E-state index is -3.99. The number of carbonyl (C=O) groups is 1. The van der Waals surface area contributed by atoms with E-state index in [1.807, 2.05) is 19.1 Å². The lowest BCUT2D eigenvalue weighted by atomic mass is 10.1. The molecule has 2 aliphatic heterocycles. The van der Waals surface area contributed by atoms with E-state index in [1.165, 1.54) is 25.6 Å². The average Bonchev–Trinajstić information content (AvgIpc) is 3.56. The number of carbonyl (C=O) groups excluding carboxylic acids is 1. The van der Waals surface area contributed by atoms with Gasteiger partial charge < -0.3 is 9.88 Å². The summed E-state index contributed by atoms with van der Waals surface area (Å²) in [4.78, 5) is 12.1. The number of anilines is 1. The molecule has 0 atom stereocenters. The van der Waals surface area contributed by atoms with Gasteiger partial charge in [0.25, 0.3) is 0 Å². The number of aryl methyl sites for hydroxylation is 1. The standard InChI is InChI=1S/C22H30N4O5S2/c1-2-18-7-9-19(10-8-18)23-22(27)17-24-15-20(32(28,29)25-11-3-4-12-25)21(16-24)33(30,31)26-13-5-6-14-26/h7-10,15-16H,2-6,11-14,17H2,1H3,(H,23,27). The van der Waals surface area contributed by atoms with E-state index in [1.54, 1.807) is 12.1 Å². The molecule has 0 saturated carbocycles. The summed E-state index contributed by atoms with van der Waals surface area (Å²) < 4.78 is 57.2. The first-order chi connectivity index (χ1) is 15.7. The van der Waals surface area contributed by atoms with Crippen molar-refractivity contribution in [2.45, 2.75) is 55.4 Å². The molecule has 1 amide bonds. The molecule has 1 aromatic carbocycles. The molecule has 2 aliphatic rings. The molecule has 1 N–H and O–H groups in total. The van der Waals surface area contributed by atoms with Crippen molar-refractivity contribution >= 4 is 31.6 Å². The quantitative estimate of drug-likeness (QED) is 0.606. The van der Waals surface area contributed by atoms with E-state index in [9.17, 15) is 21.6 Å². The zero-order valence-electron chi connectivity index (χ0n) is 18.7. The van der Waals surface area contributed by atoms with Crippen molar-refractivity contribution in [3.63, 3.8) is 0 Å². The molecule has 2 fully saturated rings. The molecule has 2 saturated heterocycles. The van der Waals surface area contributed by atoms with Crippen molar-refractivity contribution in [1.29, 1.82) is 0 Å². The molecule has 180 valence electrons. The third kappa shape index (κ3) is 5.01. The molecule has 3 heterocycles. The van der Waals surface area contributed by atoms with E-state index in [0.29, 0.717) is 31.9 Å². The summed E-state index contributed by atoms with van der Waals surface area (Å²) in [6.45, 7) is 3.31. The van der Waals surface area contributed by atoms with Gasteiger partial charge in [-0.25, -0.2) is 16.8 Å². The van der Waals surface area contributed by atoms with Crippen LogP contribution < -0.4 is 5.32 Å². The van der Waals surface area contributed by atoms with Crippen LogP contribution in [-0.2, 0) is 37.8 Å². The Morgan fingerprint density at radius 3 is 1.70 bits per heavy atom. The van der Waals surface area contributed by atoms with Gasteiger partial charge in [0.2, 0.25) is 26.0 Å². The zero-order valence-corrected chi connectivity index (χ0v) is 20.4. The second-order valence-corrected chi connectivity index (χ2v) is 12.3. The molecule has 2 aromatic rings. The van der Waals surface area contributed by atoms with Crippen LogP contribution in [0.5, 0.6) is 0 Å². The lowest BCUT2D eigenvalue weighted by molar-refractivity contribution is -0.116. The summed E-state index contributed by atoms with van der Waals surface area (Å²) in [5.41, 5.74) is 1.77. The first kappa shape index (κ1) is 23.9. The van der Waals surface area contributed by atoms with Gasteiger partial charge in [-0.3, -0.25) is 4.79 Å². The summed E-state index contributed by atoms with van der Waals surface area (Å²) in [7, 11) is -7.98. The number of benzene rings is 1. The maximum Gasteiger partial charge on any atom is 0.245 e. The van der Waals surface area contributed by atoms with Gasteiger partial charge >= 0.3 is 0 Å². The minimum Gasteiger partial charge on any atom is -0.342 e. The van der Waals surface area contributed by atoms with Crippen molar-refractivity contribution in [2.24, 2.45) is 0 Å². The molecule has 11 heteroatoms. The SMILES string of the molecule is CCc1ccc(NC(=O)Cn2cc(S(=O)(=O)N3CCCC3)c(S(=O)(=O)N3CCCC3)c2)cc1. The number of rotatable bonds is 8. The van der Waals surface area contributed by atoms with Gasteiger partial charge in [0.05, 0.1) is 0 Å². The highest BCUT2D eigenvalue weighted by molar-refractivity contribution is 7.92. The van der Waals surface area contributed by atoms with Crippen molar-refractivity contribution in [3.05, 3.63) is 42.2 Å². The highest BCUT2D eigenvalue weighted by Gasteiger charge is 2.38. The Morgan fingerprint density at radius 2 is 1.27 bits per heavy atom. The molecule has 0 radical (unpaired) electrons. The number of nitrogens with zero attached hydrogens (tertiary/aromatic N) is 3. The van der Waals surface area contributed by atoms with Crippen LogP contribution in [-0.4, -0.2) is 62.1 Å². The van der Waals surface area contributed by atoms with Crippen LogP contribution in [0.1, 0.15) is 38.2 Å². The predicted molar refractivity (Wildman–Crippen MR) is 125 cm³/mol. The van der Waals surface area contributed by atoms with Crippen LogP contribution in [0.15, 0.2) is 46.5 Å². The topological polar surface area (TPSA) is 109 Å². The van der Waals surface area contributed by atoms with Gasteiger partial charge in [-0.15, -0.1) is 0 Å². The molecule has 4 rings (SSSR count). The average molecular weight is 495 g/mol. The Morgan fingerprint density at radius 1 is 0.818 bits per heavy atom. The Balaban J connectivity index is 1.63. The van der Waals surface area contributed by atoms with Gasteiger partial charge in [0.1, 0.15) is 16.3 Å². The maximum atomic E-state index is 13.3. The van der Waals surface area contributed by atoms with Crippen molar-refractivity contribution in [2.75, 3.05) is 31.5 Å².